The maximum Gasteiger partial charge on any atom is 0.240 e. The van der Waals surface area contributed by atoms with Crippen molar-refractivity contribution < 1.29 is 9.53 Å². The second-order valence-corrected chi connectivity index (χ2v) is 4.34. The largest absolute Gasteiger partial charge is 0.496 e. The predicted molar refractivity (Wildman–Crippen MR) is 65.3 cm³/mol. The Morgan fingerprint density at radius 1 is 1.41 bits per heavy atom. The van der Waals surface area contributed by atoms with Crippen LogP contribution in [-0.4, -0.2) is 26.1 Å². The van der Waals surface area contributed by atoms with Crippen LogP contribution in [-0.2, 0) is 10.2 Å². The number of anilines is 1. The summed E-state index contributed by atoms with van der Waals surface area (Å²) in [4.78, 5) is 12.2. The van der Waals surface area contributed by atoms with Crippen molar-refractivity contribution in [3.8, 4) is 5.75 Å². The van der Waals surface area contributed by atoms with Gasteiger partial charge in [-0.1, -0.05) is 18.2 Å². The van der Waals surface area contributed by atoms with E-state index in [2.05, 4.69) is 10.6 Å². The number of nitrogens with one attached hydrogen (secondary N) is 2. The zero-order chi connectivity index (χ0) is 11.9. The van der Waals surface area contributed by atoms with Crippen molar-refractivity contribution >= 4 is 11.6 Å². The Morgan fingerprint density at radius 3 is 3.00 bits per heavy atom. The van der Waals surface area contributed by atoms with Crippen LogP contribution in [0.2, 0.25) is 0 Å². The number of hydrogen-bond donors (Lipinski definition) is 2. The molecule has 4 heteroatoms. The summed E-state index contributed by atoms with van der Waals surface area (Å²) in [6.07, 6.45) is 3.97. The van der Waals surface area contributed by atoms with E-state index < -0.39 is 5.41 Å². The fourth-order valence-corrected chi connectivity index (χ4v) is 2.61. The maximum atomic E-state index is 12.2. The van der Waals surface area contributed by atoms with Gasteiger partial charge in [0.15, 0.2) is 0 Å². The van der Waals surface area contributed by atoms with Gasteiger partial charge in [-0.15, -0.1) is 0 Å². The van der Waals surface area contributed by atoms with Crippen molar-refractivity contribution in [2.24, 2.45) is 0 Å². The number of amides is 1. The number of rotatable bonds is 1. The highest BCUT2D eigenvalue weighted by molar-refractivity contribution is 6.09. The smallest absolute Gasteiger partial charge is 0.240 e. The lowest BCUT2D eigenvalue weighted by Gasteiger charge is -2.28. The lowest BCUT2D eigenvalue weighted by Crippen LogP contribution is -2.45. The third-order valence-electron chi connectivity index (χ3n) is 3.41. The number of ether oxygens (including phenoxy) is 1. The minimum atomic E-state index is -0.611. The molecule has 4 nitrogen and oxygen atoms in total. The van der Waals surface area contributed by atoms with Crippen molar-refractivity contribution in [2.45, 2.75) is 5.41 Å². The van der Waals surface area contributed by atoms with Gasteiger partial charge in [0, 0.05) is 24.3 Å². The van der Waals surface area contributed by atoms with Gasteiger partial charge in [0.05, 0.1) is 7.11 Å². The summed E-state index contributed by atoms with van der Waals surface area (Å²) in [5, 5.41) is 6.16. The first-order valence-corrected chi connectivity index (χ1v) is 5.65. The predicted octanol–water partition coefficient (Wildman–Crippen LogP) is 1.04. The third-order valence-corrected chi connectivity index (χ3v) is 3.41. The molecule has 1 amide bonds. The van der Waals surface area contributed by atoms with E-state index in [0.29, 0.717) is 6.54 Å². The Hall–Kier alpha value is -1.81. The highest BCUT2D eigenvalue weighted by Crippen LogP contribution is 2.44. The molecule has 0 aliphatic carbocycles. The van der Waals surface area contributed by atoms with Crippen LogP contribution in [0, 0.1) is 0 Å². The molecule has 88 valence electrons. The van der Waals surface area contributed by atoms with Gasteiger partial charge in [-0.05, 0) is 12.1 Å². The van der Waals surface area contributed by atoms with Crippen LogP contribution in [0.15, 0.2) is 30.4 Å². The van der Waals surface area contributed by atoms with E-state index in [1.165, 1.54) is 0 Å². The van der Waals surface area contributed by atoms with Crippen LogP contribution in [0.25, 0.3) is 0 Å². The molecule has 1 atom stereocenters. The number of methoxy groups -OCH3 is 1. The number of hydrogen-bond acceptors (Lipinski definition) is 3. The van der Waals surface area contributed by atoms with Gasteiger partial charge in [-0.25, -0.2) is 0 Å². The van der Waals surface area contributed by atoms with Crippen molar-refractivity contribution in [3.63, 3.8) is 0 Å². The third kappa shape index (κ3) is 1.31. The van der Waals surface area contributed by atoms with E-state index in [0.717, 1.165) is 23.5 Å². The van der Waals surface area contributed by atoms with Crippen LogP contribution in [0.3, 0.4) is 0 Å². The molecule has 0 saturated heterocycles. The standard InChI is InChI=1S/C13H14N2O2/c1-17-10-5-2-4-9-11(10)13(12(16)15-9)6-3-7-14-8-13/h2-6,14H,7-8H2,1H3,(H,15,16). The highest BCUT2D eigenvalue weighted by atomic mass is 16.5. The monoisotopic (exact) mass is 230 g/mol. The Labute approximate surface area is 99.7 Å². The molecule has 0 radical (unpaired) electrons. The zero-order valence-electron chi connectivity index (χ0n) is 9.62. The molecule has 2 heterocycles. The molecule has 2 N–H and O–H groups in total. The Bertz CT molecular complexity index is 510. The molecule has 0 saturated carbocycles. The number of benzene rings is 1. The molecule has 0 fully saturated rings. The summed E-state index contributed by atoms with van der Waals surface area (Å²) in [5.41, 5.74) is 1.18. The molecule has 0 bridgehead atoms. The van der Waals surface area contributed by atoms with Crippen molar-refractivity contribution in [3.05, 3.63) is 35.9 Å². The highest BCUT2D eigenvalue weighted by Gasteiger charge is 2.47. The van der Waals surface area contributed by atoms with E-state index in [9.17, 15) is 4.79 Å². The van der Waals surface area contributed by atoms with E-state index in [4.69, 9.17) is 4.74 Å². The average Bonchev–Trinajstić information content (AvgIpc) is 2.64. The second-order valence-electron chi connectivity index (χ2n) is 4.34. The molecule has 17 heavy (non-hydrogen) atoms. The van der Waals surface area contributed by atoms with Crippen molar-refractivity contribution in [1.82, 2.24) is 5.32 Å². The number of carbonyl (C=O) groups is 1. The zero-order valence-corrected chi connectivity index (χ0v) is 9.62. The molecule has 2 aliphatic rings. The molecule has 1 aromatic carbocycles. The molecular formula is C13H14N2O2. The molecular weight excluding hydrogens is 216 g/mol. The van der Waals surface area contributed by atoms with Crippen LogP contribution in [0.1, 0.15) is 5.56 Å². The van der Waals surface area contributed by atoms with Gasteiger partial charge in [0.1, 0.15) is 11.2 Å². The first-order valence-electron chi connectivity index (χ1n) is 5.65. The topological polar surface area (TPSA) is 50.4 Å². The second kappa shape index (κ2) is 3.60. The first-order chi connectivity index (χ1) is 8.28. The van der Waals surface area contributed by atoms with E-state index >= 15 is 0 Å². The van der Waals surface area contributed by atoms with E-state index in [-0.39, 0.29) is 5.91 Å². The Kier molecular flexibility index (Phi) is 2.19. The fraction of sp³-hybridized carbons (Fsp3) is 0.308. The van der Waals surface area contributed by atoms with Crippen LogP contribution in [0.4, 0.5) is 5.69 Å². The molecule has 1 aromatic rings. The fourth-order valence-electron chi connectivity index (χ4n) is 2.61. The summed E-state index contributed by atoms with van der Waals surface area (Å²) in [7, 11) is 1.63. The normalized spacial score (nSPS) is 25.8. The van der Waals surface area contributed by atoms with E-state index in [1.54, 1.807) is 7.11 Å². The summed E-state index contributed by atoms with van der Waals surface area (Å²) in [6.45, 7) is 1.42. The minimum Gasteiger partial charge on any atom is -0.496 e. The Morgan fingerprint density at radius 2 is 2.29 bits per heavy atom. The molecule has 3 rings (SSSR count). The summed E-state index contributed by atoms with van der Waals surface area (Å²) in [5.74, 6) is 0.773. The van der Waals surface area contributed by atoms with E-state index in [1.807, 2.05) is 30.4 Å². The minimum absolute atomic E-state index is 0.0143. The van der Waals surface area contributed by atoms with Crippen molar-refractivity contribution in [2.75, 3.05) is 25.5 Å². The number of fused-ring (bicyclic) bond motifs is 2. The summed E-state index contributed by atoms with van der Waals surface area (Å²) in [6, 6.07) is 5.69. The van der Waals surface area contributed by atoms with Gasteiger partial charge in [-0.2, -0.15) is 0 Å². The van der Waals surface area contributed by atoms with Crippen LogP contribution < -0.4 is 15.4 Å². The average molecular weight is 230 g/mol. The lowest BCUT2D eigenvalue weighted by atomic mass is 9.79. The molecule has 0 aromatic heterocycles. The summed E-state index contributed by atoms with van der Waals surface area (Å²) < 4.78 is 5.38. The van der Waals surface area contributed by atoms with Crippen LogP contribution >= 0.6 is 0 Å². The van der Waals surface area contributed by atoms with Crippen molar-refractivity contribution in [1.29, 1.82) is 0 Å². The van der Waals surface area contributed by atoms with Gasteiger partial charge >= 0.3 is 0 Å². The molecule has 2 aliphatic heterocycles. The lowest BCUT2D eigenvalue weighted by molar-refractivity contribution is -0.119. The first kappa shape index (κ1) is 10.4. The van der Waals surface area contributed by atoms with Gasteiger partial charge < -0.3 is 15.4 Å². The number of carbonyl (C=O) groups excluding carboxylic acids is 1. The van der Waals surface area contributed by atoms with Gasteiger partial charge in [0.2, 0.25) is 5.91 Å². The SMILES string of the molecule is COc1cccc2c1C1(C=CCNC1)C(=O)N2. The van der Waals surface area contributed by atoms with Gasteiger partial charge in [0.25, 0.3) is 0 Å². The maximum absolute atomic E-state index is 12.2. The summed E-state index contributed by atoms with van der Waals surface area (Å²) >= 11 is 0. The van der Waals surface area contributed by atoms with Crippen LogP contribution in [0.5, 0.6) is 5.75 Å². The molecule has 1 spiro atoms. The van der Waals surface area contributed by atoms with Gasteiger partial charge in [-0.3, -0.25) is 4.79 Å². The molecule has 1 unspecified atom stereocenters. The Balaban J connectivity index is 2.24. The quantitative estimate of drug-likeness (QED) is 0.709.